The minimum absolute atomic E-state index is 0.514. The van der Waals surface area contributed by atoms with Crippen molar-refractivity contribution in [3.8, 4) is 0 Å². The summed E-state index contributed by atoms with van der Waals surface area (Å²) < 4.78 is 0. The molecule has 0 aliphatic heterocycles. The molecule has 0 saturated carbocycles. The van der Waals surface area contributed by atoms with E-state index in [2.05, 4.69) is 37.7 Å². The second kappa shape index (κ2) is 7.30. The summed E-state index contributed by atoms with van der Waals surface area (Å²) in [6.45, 7) is 8.57. The van der Waals surface area contributed by atoms with E-state index < -0.39 is 0 Å². The molecule has 0 aromatic rings. The molecule has 3 heteroatoms. The molecular formula is C10H25N3. The van der Waals surface area contributed by atoms with Crippen LogP contribution in [-0.4, -0.2) is 56.1 Å². The number of nitrogens with zero attached hydrogens (tertiary/aromatic N) is 2. The average Bonchev–Trinajstić information content (AvgIpc) is 2.10. The molecule has 3 nitrogen and oxygen atoms in total. The number of likely N-dealkylation sites (N-methyl/N-ethyl adjacent to an activating group) is 1. The van der Waals surface area contributed by atoms with E-state index in [1.54, 1.807) is 0 Å². The van der Waals surface area contributed by atoms with Gasteiger partial charge >= 0.3 is 0 Å². The van der Waals surface area contributed by atoms with E-state index in [0.29, 0.717) is 6.04 Å². The number of rotatable bonds is 7. The molecule has 0 spiro atoms. The van der Waals surface area contributed by atoms with Crippen molar-refractivity contribution in [1.29, 1.82) is 0 Å². The van der Waals surface area contributed by atoms with Crippen LogP contribution in [0.1, 0.15) is 20.3 Å². The fourth-order valence-corrected chi connectivity index (χ4v) is 1.32. The molecule has 0 fully saturated rings. The van der Waals surface area contributed by atoms with Gasteiger partial charge in [0.05, 0.1) is 0 Å². The molecule has 0 aliphatic carbocycles. The number of hydrogen-bond donors (Lipinski definition) is 1. The van der Waals surface area contributed by atoms with Gasteiger partial charge in [-0.05, 0) is 34.0 Å². The van der Waals surface area contributed by atoms with Crippen LogP contribution in [-0.2, 0) is 0 Å². The van der Waals surface area contributed by atoms with Crippen LogP contribution in [0, 0.1) is 0 Å². The van der Waals surface area contributed by atoms with E-state index in [-0.39, 0.29) is 0 Å². The quantitative estimate of drug-likeness (QED) is 0.634. The van der Waals surface area contributed by atoms with Crippen LogP contribution >= 0.6 is 0 Å². The summed E-state index contributed by atoms with van der Waals surface area (Å²) in [5.41, 5.74) is 5.65. The molecule has 0 heterocycles. The summed E-state index contributed by atoms with van der Waals surface area (Å²) in [6, 6.07) is 0.514. The smallest absolute Gasteiger partial charge is 0.0190 e. The Bertz CT molecular complexity index is 115. The summed E-state index contributed by atoms with van der Waals surface area (Å²) in [7, 11) is 4.22. The lowest BCUT2D eigenvalue weighted by Crippen LogP contribution is -2.42. The minimum atomic E-state index is 0.514. The Morgan fingerprint density at radius 2 is 1.77 bits per heavy atom. The van der Waals surface area contributed by atoms with Gasteiger partial charge < -0.3 is 10.6 Å². The van der Waals surface area contributed by atoms with Gasteiger partial charge in [0.25, 0.3) is 0 Å². The summed E-state index contributed by atoms with van der Waals surface area (Å²) in [5, 5.41) is 0. The van der Waals surface area contributed by atoms with Crippen LogP contribution in [0.5, 0.6) is 0 Å². The van der Waals surface area contributed by atoms with Gasteiger partial charge in [0.15, 0.2) is 0 Å². The molecule has 13 heavy (non-hydrogen) atoms. The monoisotopic (exact) mass is 187 g/mol. The molecule has 0 rings (SSSR count). The highest BCUT2D eigenvalue weighted by atomic mass is 15.2. The third-order valence-electron chi connectivity index (χ3n) is 2.31. The van der Waals surface area contributed by atoms with Crippen LogP contribution in [0.25, 0.3) is 0 Å². The SMILES string of the molecule is CCCN(CCN(C)C)C(C)CN. The van der Waals surface area contributed by atoms with E-state index in [1.165, 1.54) is 6.42 Å². The van der Waals surface area contributed by atoms with Crippen LogP contribution in [0.3, 0.4) is 0 Å². The first-order valence-corrected chi connectivity index (χ1v) is 5.20. The van der Waals surface area contributed by atoms with E-state index in [0.717, 1.165) is 26.2 Å². The van der Waals surface area contributed by atoms with E-state index >= 15 is 0 Å². The van der Waals surface area contributed by atoms with Crippen LogP contribution in [0.4, 0.5) is 0 Å². The highest BCUT2D eigenvalue weighted by Crippen LogP contribution is 1.98. The number of nitrogens with two attached hydrogens (primary N) is 1. The molecule has 0 amide bonds. The zero-order valence-electron chi connectivity index (χ0n) is 9.58. The van der Waals surface area contributed by atoms with E-state index in [1.807, 2.05) is 0 Å². The fourth-order valence-electron chi connectivity index (χ4n) is 1.32. The molecule has 0 saturated heterocycles. The van der Waals surface area contributed by atoms with Crippen molar-refractivity contribution in [3.63, 3.8) is 0 Å². The summed E-state index contributed by atoms with van der Waals surface area (Å²) in [4.78, 5) is 4.67. The van der Waals surface area contributed by atoms with Gasteiger partial charge in [-0.3, -0.25) is 4.90 Å². The van der Waals surface area contributed by atoms with Crippen molar-refractivity contribution in [2.45, 2.75) is 26.3 Å². The van der Waals surface area contributed by atoms with Gasteiger partial charge in [0, 0.05) is 25.7 Å². The predicted octanol–water partition coefficient (Wildman–Crippen LogP) is 0.607. The van der Waals surface area contributed by atoms with Crippen LogP contribution in [0.15, 0.2) is 0 Å². The van der Waals surface area contributed by atoms with Crippen molar-refractivity contribution in [2.75, 3.05) is 40.3 Å². The Balaban J connectivity index is 3.79. The lowest BCUT2D eigenvalue weighted by molar-refractivity contribution is 0.192. The molecule has 0 bridgehead atoms. The van der Waals surface area contributed by atoms with Gasteiger partial charge in [0.2, 0.25) is 0 Å². The van der Waals surface area contributed by atoms with Crippen molar-refractivity contribution in [2.24, 2.45) is 5.73 Å². The first-order chi connectivity index (χ1) is 6.11. The highest BCUT2D eigenvalue weighted by Gasteiger charge is 2.10. The predicted molar refractivity (Wildman–Crippen MR) is 58.9 cm³/mol. The standard InChI is InChI=1S/C10H25N3/c1-5-6-13(10(2)9-11)8-7-12(3)4/h10H,5-9,11H2,1-4H3. The first-order valence-electron chi connectivity index (χ1n) is 5.20. The molecule has 1 unspecified atom stereocenters. The second-order valence-electron chi connectivity index (χ2n) is 3.92. The maximum Gasteiger partial charge on any atom is 0.0190 e. The zero-order valence-corrected chi connectivity index (χ0v) is 9.58. The Hall–Kier alpha value is -0.120. The lowest BCUT2D eigenvalue weighted by atomic mass is 10.2. The van der Waals surface area contributed by atoms with Gasteiger partial charge in [-0.15, -0.1) is 0 Å². The molecule has 2 N–H and O–H groups in total. The highest BCUT2D eigenvalue weighted by molar-refractivity contribution is 4.68. The van der Waals surface area contributed by atoms with Crippen LogP contribution < -0.4 is 5.73 Å². The van der Waals surface area contributed by atoms with Crippen molar-refractivity contribution < 1.29 is 0 Å². The molecule has 80 valence electrons. The average molecular weight is 187 g/mol. The Morgan fingerprint density at radius 3 is 2.15 bits per heavy atom. The normalized spacial score (nSPS) is 14.1. The van der Waals surface area contributed by atoms with Gasteiger partial charge in [-0.1, -0.05) is 6.92 Å². The maximum atomic E-state index is 5.65. The van der Waals surface area contributed by atoms with Gasteiger partial charge in [-0.25, -0.2) is 0 Å². The first kappa shape index (κ1) is 12.9. The fraction of sp³-hybridized carbons (Fsp3) is 1.00. The third kappa shape index (κ3) is 6.02. The topological polar surface area (TPSA) is 32.5 Å². The zero-order chi connectivity index (χ0) is 10.3. The van der Waals surface area contributed by atoms with Crippen molar-refractivity contribution in [3.05, 3.63) is 0 Å². The molecule has 0 radical (unpaired) electrons. The molecule has 0 aromatic heterocycles. The molecule has 1 atom stereocenters. The third-order valence-corrected chi connectivity index (χ3v) is 2.31. The molecule has 0 aromatic carbocycles. The Kier molecular flexibility index (Phi) is 7.23. The van der Waals surface area contributed by atoms with Gasteiger partial charge in [0.1, 0.15) is 0 Å². The van der Waals surface area contributed by atoms with Crippen molar-refractivity contribution in [1.82, 2.24) is 9.80 Å². The second-order valence-corrected chi connectivity index (χ2v) is 3.92. The minimum Gasteiger partial charge on any atom is -0.329 e. The summed E-state index contributed by atoms with van der Waals surface area (Å²) in [6.07, 6.45) is 1.21. The van der Waals surface area contributed by atoms with E-state index in [4.69, 9.17) is 5.73 Å². The van der Waals surface area contributed by atoms with Gasteiger partial charge in [-0.2, -0.15) is 0 Å². The Labute approximate surface area is 82.9 Å². The largest absolute Gasteiger partial charge is 0.329 e. The summed E-state index contributed by atoms with van der Waals surface area (Å²) >= 11 is 0. The van der Waals surface area contributed by atoms with Crippen LogP contribution in [0.2, 0.25) is 0 Å². The molecule has 0 aliphatic rings. The lowest BCUT2D eigenvalue weighted by Gasteiger charge is -2.28. The summed E-state index contributed by atoms with van der Waals surface area (Å²) in [5.74, 6) is 0. The Morgan fingerprint density at radius 1 is 1.15 bits per heavy atom. The van der Waals surface area contributed by atoms with E-state index in [9.17, 15) is 0 Å². The number of hydrogen-bond acceptors (Lipinski definition) is 3. The maximum absolute atomic E-state index is 5.65. The molecular weight excluding hydrogens is 162 g/mol. The van der Waals surface area contributed by atoms with Crippen molar-refractivity contribution >= 4 is 0 Å².